The van der Waals surface area contributed by atoms with Gasteiger partial charge in [0.25, 0.3) is 0 Å². The lowest BCUT2D eigenvalue weighted by atomic mass is 10.1. The molecule has 20 heavy (non-hydrogen) atoms. The summed E-state index contributed by atoms with van der Waals surface area (Å²) in [7, 11) is 0. The Morgan fingerprint density at radius 1 is 1.45 bits per heavy atom. The summed E-state index contributed by atoms with van der Waals surface area (Å²) in [6.45, 7) is 2.28. The van der Waals surface area contributed by atoms with E-state index >= 15 is 0 Å². The molecule has 0 radical (unpaired) electrons. The fourth-order valence-electron chi connectivity index (χ4n) is 2.03. The van der Waals surface area contributed by atoms with Crippen LogP contribution in [0.5, 0.6) is 0 Å². The van der Waals surface area contributed by atoms with E-state index in [2.05, 4.69) is 15.6 Å². The van der Waals surface area contributed by atoms with Gasteiger partial charge < -0.3 is 15.7 Å². The fourth-order valence-corrected chi connectivity index (χ4v) is 2.03. The van der Waals surface area contributed by atoms with Crippen molar-refractivity contribution in [1.29, 1.82) is 0 Å². The fraction of sp³-hybridized carbons (Fsp3) is 0.500. The van der Waals surface area contributed by atoms with Crippen LogP contribution in [-0.2, 0) is 11.3 Å². The van der Waals surface area contributed by atoms with E-state index in [4.69, 9.17) is 5.11 Å². The summed E-state index contributed by atoms with van der Waals surface area (Å²) in [4.78, 5) is 26.7. The molecule has 1 fully saturated rings. The molecule has 6 heteroatoms. The van der Waals surface area contributed by atoms with E-state index in [-0.39, 0.29) is 18.5 Å². The van der Waals surface area contributed by atoms with E-state index in [0.717, 1.165) is 24.1 Å². The number of hydrogen-bond donors (Lipinski definition) is 3. The number of hydrogen-bond acceptors (Lipinski definition) is 3. The van der Waals surface area contributed by atoms with E-state index in [1.807, 2.05) is 19.1 Å². The summed E-state index contributed by atoms with van der Waals surface area (Å²) < 4.78 is 0. The quantitative estimate of drug-likeness (QED) is 0.733. The van der Waals surface area contributed by atoms with Gasteiger partial charge >= 0.3 is 12.0 Å². The standard InChI is InChI=1S/C14H19N3O3/c1-9-2-3-10(7-15-9)8-16-14(20)17-12(6-13(18)19)11-4-5-11/h2-3,7,11-12H,4-6,8H2,1H3,(H,18,19)(H2,16,17,20). The Morgan fingerprint density at radius 2 is 2.20 bits per heavy atom. The van der Waals surface area contributed by atoms with Gasteiger partial charge in [0.1, 0.15) is 0 Å². The first-order chi connectivity index (χ1) is 9.54. The first kappa shape index (κ1) is 14.3. The first-order valence-electron chi connectivity index (χ1n) is 6.72. The van der Waals surface area contributed by atoms with Crippen LogP contribution in [0.2, 0.25) is 0 Å². The van der Waals surface area contributed by atoms with Crippen LogP contribution < -0.4 is 10.6 Å². The smallest absolute Gasteiger partial charge is 0.315 e. The molecule has 2 amide bonds. The van der Waals surface area contributed by atoms with E-state index in [0.29, 0.717) is 12.5 Å². The molecular weight excluding hydrogens is 258 g/mol. The van der Waals surface area contributed by atoms with Crippen LogP contribution >= 0.6 is 0 Å². The topological polar surface area (TPSA) is 91.3 Å². The highest BCUT2D eigenvalue weighted by Crippen LogP contribution is 2.33. The number of aliphatic carboxylic acids is 1. The Hall–Kier alpha value is -2.11. The molecule has 3 N–H and O–H groups in total. The number of carbonyl (C=O) groups is 2. The number of pyridine rings is 1. The molecule has 1 saturated carbocycles. The van der Waals surface area contributed by atoms with Crippen molar-refractivity contribution in [2.24, 2.45) is 5.92 Å². The second-order valence-electron chi connectivity index (χ2n) is 5.18. The van der Waals surface area contributed by atoms with Crippen LogP contribution in [-0.4, -0.2) is 28.1 Å². The number of urea groups is 1. The second kappa shape index (κ2) is 6.36. The zero-order valence-electron chi connectivity index (χ0n) is 11.4. The Kier molecular flexibility index (Phi) is 4.55. The lowest BCUT2D eigenvalue weighted by Crippen LogP contribution is -2.43. The minimum absolute atomic E-state index is 0.0236. The van der Waals surface area contributed by atoms with Crippen molar-refractivity contribution in [1.82, 2.24) is 15.6 Å². The van der Waals surface area contributed by atoms with E-state index in [1.165, 1.54) is 0 Å². The number of carbonyl (C=O) groups excluding carboxylic acids is 1. The molecular formula is C14H19N3O3. The normalized spacial score (nSPS) is 15.4. The number of nitrogens with one attached hydrogen (secondary N) is 2. The van der Waals surface area contributed by atoms with Crippen molar-refractivity contribution < 1.29 is 14.7 Å². The molecule has 0 spiro atoms. The van der Waals surface area contributed by atoms with Crippen LogP contribution in [0.3, 0.4) is 0 Å². The monoisotopic (exact) mass is 277 g/mol. The van der Waals surface area contributed by atoms with Crippen LogP contribution in [0.1, 0.15) is 30.5 Å². The highest BCUT2D eigenvalue weighted by Gasteiger charge is 2.33. The molecule has 1 unspecified atom stereocenters. The third-order valence-corrected chi connectivity index (χ3v) is 3.33. The third-order valence-electron chi connectivity index (χ3n) is 3.33. The largest absolute Gasteiger partial charge is 0.481 e. The number of aryl methyl sites for hydroxylation is 1. The van der Waals surface area contributed by atoms with Crippen LogP contribution in [0, 0.1) is 12.8 Å². The van der Waals surface area contributed by atoms with Crippen molar-refractivity contribution in [2.45, 2.75) is 38.8 Å². The van der Waals surface area contributed by atoms with E-state index in [1.54, 1.807) is 6.20 Å². The van der Waals surface area contributed by atoms with Gasteiger partial charge in [-0.25, -0.2) is 4.79 Å². The molecule has 0 saturated heterocycles. The molecule has 2 rings (SSSR count). The highest BCUT2D eigenvalue weighted by atomic mass is 16.4. The summed E-state index contributed by atoms with van der Waals surface area (Å²) in [6, 6.07) is 3.18. The number of aromatic nitrogens is 1. The molecule has 0 aromatic carbocycles. The van der Waals surface area contributed by atoms with Crippen molar-refractivity contribution in [3.05, 3.63) is 29.6 Å². The highest BCUT2D eigenvalue weighted by molar-refractivity contribution is 5.75. The zero-order chi connectivity index (χ0) is 14.5. The molecule has 0 aliphatic heterocycles. The van der Waals surface area contributed by atoms with Crippen molar-refractivity contribution in [2.75, 3.05) is 0 Å². The number of carboxylic acids is 1. The van der Waals surface area contributed by atoms with Gasteiger partial charge in [-0.2, -0.15) is 0 Å². The van der Waals surface area contributed by atoms with Crippen LogP contribution in [0.15, 0.2) is 18.3 Å². The van der Waals surface area contributed by atoms with Gasteiger partial charge in [0, 0.05) is 24.5 Å². The lowest BCUT2D eigenvalue weighted by Gasteiger charge is -2.16. The minimum Gasteiger partial charge on any atom is -0.481 e. The van der Waals surface area contributed by atoms with Gasteiger partial charge in [-0.3, -0.25) is 9.78 Å². The predicted molar refractivity (Wildman–Crippen MR) is 73.1 cm³/mol. The summed E-state index contributed by atoms with van der Waals surface area (Å²) in [6.07, 6.45) is 3.66. The molecule has 1 heterocycles. The second-order valence-corrected chi connectivity index (χ2v) is 5.18. The molecule has 108 valence electrons. The molecule has 1 atom stereocenters. The van der Waals surface area contributed by atoms with E-state index < -0.39 is 5.97 Å². The Balaban J connectivity index is 1.79. The maximum atomic E-state index is 11.8. The average Bonchev–Trinajstić information content (AvgIpc) is 3.21. The lowest BCUT2D eigenvalue weighted by molar-refractivity contribution is -0.137. The maximum Gasteiger partial charge on any atom is 0.315 e. The Morgan fingerprint density at radius 3 is 2.75 bits per heavy atom. The van der Waals surface area contributed by atoms with Gasteiger partial charge in [-0.05, 0) is 37.3 Å². The van der Waals surface area contributed by atoms with Crippen molar-refractivity contribution >= 4 is 12.0 Å². The molecule has 0 bridgehead atoms. The molecule has 1 aliphatic rings. The summed E-state index contributed by atoms with van der Waals surface area (Å²) >= 11 is 0. The first-order valence-corrected chi connectivity index (χ1v) is 6.72. The molecule has 1 aliphatic carbocycles. The summed E-state index contributed by atoms with van der Waals surface area (Å²) in [5, 5.41) is 14.3. The average molecular weight is 277 g/mol. The zero-order valence-corrected chi connectivity index (χ0v) is 11.4. The van der Waals surface area contributed by atoms with Gasteiger partial charge in [0.2, 0.25) is 0 Å². The van der Waals surface area contributed by atoms with Crippen LogP contribution in [0.25, 0.3) is 0 Å². The number of carboxylic acid groups (broad SMARTS) is 1. The van der Waals surface area contributed by atoms with Crippen LogP contribution in [0.4, 0.5) is 4.79 Å². The van der Waals surface area contributed by atoms with Gasteiger partial charge in [0.15, 0.2) is 0 Å². The maximum absolute atomic E-state index is 11.8. The minimum atomic E-state index is -0.884. The van der Waals surface area contributed by atoms with Gasteiger partial charge in [-0.1, -0.05) is 6.07 Å². The Labute approximate surface area is 117 Å². The number of amides is 2. The van der Waals surface area contributed by atoms with Crippen molar-refractivity contribution in [3.8, 4) is 0 Å². The SMILES string of the molecule is Cc1ccc(CNC(=O)NC(CC(=O)O)C2CC2)cn1. The predicted octanol–water partition coefficient (Wildman–Crippen LogP) is 1.44. The Bertz CT molecular complexity index is 483. The van der Waals surface area contributed by atoms with Crippen molar-refractivity contribution in [3.63, 3.8) is 0 Å². The molecule has 1 aromatic rings. The number of rotatable bonds is 6. The number of nitrogens with zero attached hydrogens (tertiary/aromatic N) is 1. The third kappa shape index (κ3) is 4.53. The molecule has 1 aromatic heterocycles. The summed E-state index contributed by atoms with van der Waals surface area (Å²) in [5.74, 6) is -0.581. The van der Waals surface area contributed by atoms with Gasteiger partial charge in [-0.15, -0.1) is 0 Å². The van der Waals surface area contributed by atoms with Gasteiger partial charge in [0.05, 0.1) is 6.42 Å². The summed E-state index contributed by atoms with van der Waals surface area (Å²) in [5.41, 5.74) is 1.83. The van der Waals surface area contributed by atoms with E-state index in [9.17, 15) is 9.59 Å². The molecule has 6 nitrogen and oxygen atoms in total.